The number of rotatable bonds is 3. The Kier molecular flexibility index (Phi) is 3.16. The standard InChI is InChI=1S/C17H16FNO2/c1-17(16(20)21)10-19-15-9-12(4-7-14(15)17)8-11-2-5-13(18)6-3-11/h2-7,9,19H,8,10H2,1H3,(H,20,21)/t17-/m1/s1. The van der Waals surface area contributed by atoms with Crippen LogP contribution in [0.3, 0.4) is 0 Å². The second-order valence-electron chi connectivity index (χ2n) is 5.67. The molecule has 2 aromatic rings. The minimum absolute atomic E-state index is 0.244. The average Bonchev–Trinajstić information content (AvgIpc) is 2.80. The molecule has 0 radical (unpaired) electrons. The molecular formula is C17H16FNO2. The van der Waals surface area contributed by atoms with Crippen LogP contribution in [0.4, 0.5) is 10.1 Å². The Morgan fingerprint density at radius 3 is 2.57 bits per heavy atom. The highest BCUT2D eigenvalue weighted by atomic mass is 19.1. The monoisotopic (exact) mass is 285 g/mol. The minimum Gasteiger partial charge on any atom is -0.481 e. The van der Waals surface area contributed by atoms with E-state index in [0.29, 0.717) is 13.0 Å². The van der Waals surface area contributed by atoms with Gasteiger partial charge in [0.05, 0.1) is 0 Å². The first-order valence-corrected chi connectivity index (χ1v) is 6.84. The van der Waals surface area contributed by atoms with E-state index in [1.807, 2.05) is 18.2 Å². The molecule has 0 saturated carbocycles. The third-order valence-corrected chi connectivity index (χ3v) is 4.10. The first-order valence-electron chi connectivity index (χ1n) is 6.84. The van der Waals surface area contributed by atoms with Crippen LogP contribution in [0.25, 0.3) is 0 Å². The molecule has 0 saturated heterocycles. The predicted molar refractivity (Wildman–Crippen MR) is 79.1 cm³/mol. The average molecular weight is 285 g/mol. The van der Waals surface area contributed by atoms with Crippen molar-refractivity contribution in [3.8, 4) is 0 Å². The molecule has 1 atom stereocenters. The second-order valence-corrected chi connectivity index (χ2v) is 5.67. The molecule has 3 rings (SSSR count). The van der Waals surface area contributed by atoms with E-state index >= 15 is 0 Å². The fraction of sp³-hybridized carbons (Fsp3) is 0.235. The molecule has 2 N–H and O–H groups in total. The van der Waals surface area contributed by atoms with Gasteiger partial charge in [-0.15, -0.1) is 0 Å². The number of fused-ring (bicyclic) bond motifs is 1. The number of carbonyl (C=O) groups is 1. The first kappa shape index (κ1) is 13.6. The maximum absolute atomic E-state index is 12.9. The van der Waals surface area contributed by atoms with Gasteiger partial charge in [-0.05, 0) is 48.2 Å². The van der Waals surface area contributed by atoms with Crippen LogP contribution < -0.4 is 5.32 Å². The van der Waals surface area contributed by atoms with Crippen molar-refractivity contribution in [3.63, 3.8) is 0 Å². The summed E-state index contributed by atoms with van der Waals surface area (Å²) in [5.74, 6) is -1.06. The zero-order valence-electron chi connectivity index (χ0n) is 11.7. The van der Waals surface area contributed by atoms with E-state index in [1.54, 1.807) is 19.1 Å². The Hall–Kier alpha value is -2.36. The Morgan fingerprint density at radius 1 is 1.24 bits per heavy atom. The highest BCUT2D eigenvalue weighted by Gasteiger charge is 2.41. The summed E-state index contributed by atoms with van der Waals surface area (Å²) >= 11 is 0. The lowest BCUT2D eigenvalue weighted by molar-refractivity contribution is -0.142. The number of aliphatic carboxylic acids is 1. The van der Waals surface area contributed by atoms with Crippen molar-refractivity contribution in [2.45, 2.75) is 18.8 Å². The summed E-state index contributed by atoms with van der Waals surface area (Å²) in [5.41, 5.74) is 2.92. The molecule has 1 heterocycles. The zero-order chi connectivity index (χ0) is 15.0. The molecule has 3 nitrogen and oxygen atoms in total. The minimum atomic E-state index is -0.871. The van der Waals surface area contributed by atoms with Gasteiger partial charge in [0.15, 0.2) is 0 Å². The van der Waals surface area contributed by atoms with Crippen molar-refractivity contribution in [2.24, 2.45) is 0 Å². The number of hydrogen-bond donors (Lipinski definition) is 2. The molecule has 2 aromatic carbocycles. The Balaban J connectivity index is 1.88. The number of anilines is 1. The molecule has 0 bridgehead atoms. The van der Waals surface area contributed by atoms with E-state index < -0.39 is 11.4 Å². The van der Waals surface area contributed by atoms with Crippen molar-refractivity contribution in [1.29, 1.82) is 0 Å². The van der Waals surface area contributed by atoms with E-state index in [0.717, 1.165) is 22.4 Å². The van der Waals surface area contributed by atoms with Crippen LogP contribution in [0.1, 0.15) is 23.6 Å². The highest BCUT2D eigenvalue weighted by molar-refractivity contribution is 5.87. The third kappa shape index (κ3) is 2.37. The van der Waals surface area contributed by atoms with Crippen LogP contribution in [-0.4, -0.2) is 17.6 Å². The molecule has 21 heavy (non-hydrogen) atoms. The Morgan fingerprint density at radius 2 is 1.90 bits per heavy atom. The van der Waals surface area contributed by atoms with Gasteiger partial charge in [-0.1, -0.05) is 24.3 Å². The van der Waals surface area contributed by atoms with Crippen LogP contribution in [0.15, 0.2) is 42.5 Å². The first-order chi connectivity index (χ1) is 9.99. The summed E-state index contributed by atoms with van der Waals surface area (Å²) < 4.78 is 12.9. The molecular weight excluding hydrogens is 269 g/mol. The molecule has 108 valence electrons. The number of carboxylic acid groups (broad SMARTS) is 1. The summed E-state index contributed by atoms with van der Waals surface area (Å²) in [6.45, 7) is 2.13. The lowest BCUT2D eigenvalue weighted by Gasteiger charge is -2.18. The van der Waals surface area contributed by atoms with Crippen LogP contribution in [0, 0.1) is 5.82 Å². The predicted octanol–water partition coefficient (Wildman–Crippen LogP) is 3.18. The van der Waals surface area contributed by atoms with Crippen LogP contribution in [0.5, 0.6) is 0 Å². The number of nitrogens with one attached hydrogen (secondary N) is 1. The lowest BCUT2D eigenvalue weighted by Crippen LogP contribution is -2.34. The SMILES string of the molecule is C[C@@]1(C(=O)O)CNc2cc(Cc3ccc(F)cc3)ccc21. The summed E-state index contributed by atoms with van der Waals surface area (Å²) in [7, 11) is 0. The highest BCUT2D eigenvalue weighted by Crippen LogP contribution is 2.37. The van der Waals surface area contributed by atoms with E-state index in [-0.39, 0.29) is 5.82 Å². The maximum atomic E-state index is 12.9. The fourth-order valence-corrected chi connectivity index (χ4v) is 2.72. The normalized spacial score (nSPS) is 19.9. The molecule has 0 fully saturated rings. The zero-order valence-corrected chi connectivity index (χ0v) is 11.7. The number of carboxylic acids is 1. The van der Waals surface area contributed by atoms with E-state index in [4.69, 9.17) is 0 Å². The van der Waals surface area contributed by atoms with Gasteiger partial charge in [0, 0.05) is 12.2 Å². The van der Waals surface area contributed by atoms with Crippen molar-refractivity contribution >= 4 is 11.7 Å². The van der Waals surface area contributed by atoms with E-state index in [9.17, 15) is 14.3 Å². The summed E-state index contributed by atoms with van der Waals surface area (Å²) in [6, 6.07) is 12.2. The van der Waals surface area contributed by atoms with Crippen LogP contribution in [-0.2, 0) is 16.6 Å². The van der Waals surface area contributed by atoms with Gasteiger partial charge in [0.1, 0.15) is 11.2 Å². The van der Waals surface area contributed by atoms with Crippen molar-refractivity contribution in [3.05, 3.63) is 65.0 Å². The molecule has 1 aliphatic heterocycles. The van der Waals surface area contributed by atoms with Gasteiger partial charge >= 0.3 is 5.97 Å². The quantitative estimate of drug-likeness (QED) is 0.910. The second kappa shape index (κ2) is 4.88. The molecule has 4 heteroatoms. The van der Waals surface area contributed by atoms with E-state index in [1.165, 1.54) is 12.1 Å². The molecule has 0 aliphatic carbocycles. The maximum Gasteiger partial charge on any atom is 0.315 e. The number of hydrogen-bond acceptors (Lipinski definition) is 2. The van der Waals surface area contributed by atoms with Gasteiger partial charge in [-0.25, -0.2) is 4.39 Å². The summed E-state index contributed by atoms with van der Waals surface area (Å²) in [4.78, 5) is 11.4. The van der Waals surface area contributed by atoms with Gasteiger partial charge in [0.2, 0.25) is 0 Å². The van der Waals surface area contributed by atoms with Crippen LogP contribution >= 0.6 is 0 Å². The molecule has 1 aliphatic rings. The number of halogens is 1. The van der Waals surface area contributed by atoms with Crippen molar-refractivity contribution in [1.82, 2.24) is 0 Å². The third-order valence-electron chi connectivity index (χ3n) is 4.10. The van der Waals surface area contributed by atoms with E-state index in [2.05, 4.69) is 5.32 Å². The van der Waals surface area contributed by atoms with Gasteiger partial charge < -0.3 is 10.4 Å². The molecule has 0 spiro atoms. The van der Waals surface area contributed by atoms with Gasteiger partial charge in [-0.3, -0.25) is 4.79 Å². The largest absolute Gasteiger partial charge is 0.481 e. The molecule has 0 aromatic heterocycles. The molecule has 0 unspecified atom stereocenters. The summed E-state index contributed by atoms with van der Waals surface area (Å²) in [6.07, 6.45) is 0.693. The topological polar surface area (TPSA) is 49.3 Å². The molecule has 0 amide bonds. The Bertz CT molecular complexity index is 696. The number of benzene rings is 2. The van der Waals surface area contributed by atoms with Crippen LogP contribution in [0.2, 0.25) is 0 Å². The van der Waals surface area contributed by atoms with Crippen molar-refractivity contribution < 1.29 is 14.3 Å². The Labute approximate surface area is 122 Å². The summed E-state index contributed by atoms with van der Waals surface area (Å²) in [5, 5.41) is 12.5. The fourth-order valence-electron chi connectivity index (χ4n) is 2.72. The van der Waals surface area contributed by atoms with Crippen molar-refractivity contribution in [2.75, 3.05) is 11.9 Å². The van der Waals surface area contributed by atoms with Gasteiger partial charge in [0.25, 0.3) is 0 Å². The van der Waals surface area contributed by atoms with Gasteiger partial charge in [-0.2, -0.15) is 0 Å². The lowest BCUT2D eigenvalue weighted by atomic mass is 9.84. The smallest absolute Gasteiger partial charge is 0.315 e.